The lowest BCUT2D eigenvalue weighted by molar-refractivity contribution is 0.102. The van der Waals surface area contributed by atoms with Gasteiger partial charge in [-0.1, -0.05) is 29.8 Å². The smallest absolute Gasteiger partial charge is 0.276 e. The highest BCUT2D eigenvalue weighted by Crippen LogP contribution is 2.21. The summed E-state index contributed by atoms with van der Waals surface area (Å²) in [6.07, 6.45) is 4.79. The molecule has 7 nitrogen and oxygen atoms in total. The van der Waals surface area contributed by atoms with Crippen molar-refractivity contribution in [2.45, 2.75) is 20.2 Å². The Morgan fingerprint density at radius 2 is 2.03 bits per heavy atom. The van der Waals surface area contributed by atoms with Crippen LogP contribution in [0.5, 0.6) is 5.75 Å². The first kappa shape index (κ1) is 20.6. The molecule has 0 radical (unpaired) electrons. The van der Waals surface area contributed by atoms with Crippen molar-refractivity contribution in [2.24, 2.45) is 0 Å². The highest BCUT2D eigenvalue weighted by molar-refractivity contribution is 6.31. The van der Waals surface area contributed by atoms with Crippen molar-refractivity contribution >= 4 is 23.2 Å². The standard InChI is InChI=1S/C22H19ClFN5O2/c1-15-10-18(6-7-19(15)23)31-14-28-9-8-21(27-28)22(30)26-17-11-25-29(13-17)12-16-4-2-3-5-20(16)24/h2-11,13H,12,14H2,1H3,(H,26,30). The van der Waals surface area contributed by atoms with Crippen LogP contribution >= 0.6 is 11.6 Å². The number of hydrogen-bond donors (Lipinski definition) is 1. The first-order valence-corrected chi connectivity index (χ1v) is 9.85. The van der Waals surface area contributed by atoms with Gasteiger partial charge in [0.2, 0.25) is 0 Å². The summed E-state index contributed by atoms with van der Waals surface area (Å²) in [5, 5.41) is 11.8. The van der Waals surface area contributed by atoms with E-state index in [0.717, 1.165) is 5.56 Å². The number of rotatable bonds is 7. The normalized spacial score (nSPS) is 10.8. The summed E-state index contributed by atoms with van der Waals surface area (Å²) in [4.78, 5) is 12.5. The van der Waals surface area contributed by atoms with Crippen LogP contribution in [0, 0.1) is 12.7 Å². The van der Waals surface area contributed by atoms with E-state index in [1.807, 2.05) is 13.0 Å². The van der Waals surface area contributed by atoms with E-state index in [0.29, 0.717) is 22.0 Å². The van der Waals surface area contributed by atoms with Crippen molar-refractivity contribution in [1.29, 1.82) is 0 Å². The first-order valence-electron chi connectivity index (χ1n) is 9.47. The van der Waals surface area contributed by atoms with Gasteiger partial charge in [0.1, 0.15) is 11.6 Å². The first-order chi connectivity index (χ1) is 15.0. The molecule has 158 valence electrons. The van der Waals surface area contributed by atoms with Crippen molar-refractivity contribution in [3.05, 3.63) is 94.8 Å². The summed E-state index contributed by atoms with van der Waals surface area (Å²) in [5.41, 5.74) is 2.15. The molecule has 0 fully saturated rings. The number of amides is 1. The molecular weight excluding hydrogens is 421 g/mol. The Hall–Kier alpha value is -3.65. The van der Waals surface area contributed by atoms with Crippen molar-refractivity contribution in [3.8, 4) is 5.75 Å². The number of hydrogen-bond acceptors (Lipinski definition) is 4. The van der Waals surface area contributed by atoms with E-state index >= 15 is 0 Å². The molecule has 2 aromatic carbocycles. The number of nitrogens with zero attached hydrogens (tertiary/aromatic N) is 4. The monoisotopic (exact) mass is 439 g/mol. The predicted molar refractivity (Wildman–Crippen MR) is 115 cm³/mol. The van der Waals surface area contributed by atoms with Gasteiger partial charge >= 0.3 is 0 Å². The van der Waals surface area contributed by atoms with Gasteiger partial charge in [-0.3, -0.25) is 9.48 Å². The molecule has 0 aliphatic rings. The Balaban J connectivity index is 1.34. The minimum Gasteiger partial charge on any atom is -0.471 e. The summed E-state index contributed by atoms with van der Waals surface area (Å²) >= 11 is 6.01. The molecule has 0 spiro atoms. The molecule has 0 bridgehead atoms. The van der Waals surface area contributed by atoms with Crippen LogP contribution in [0.2, 0.25) is 5.02 Å². The number of nitrogens with one attached hydrogen (secondary N) is 1. The van der Waals surface area contributed by atoms with Crippen molar-refractivity contribution < 1.29 is 13.9 Å². The van der Waals surface area contributed by atoms with Crippen LogP contribution in [0.15, 0.2) is 67.1 Å². The molecule has 0 saturated heterocycles. The van der Waals surface area contributed by atoms with Gasteiger partial charge in [-0.25, -0.2) is 9.07 Å². The lowest BCUT2D eigenvalue weighted by Crippen LogP contribution is -2.14. The predicted octanol–water partition coefficient (Wildman–Crippen LogP) is 4.52. The molecule has 1 amide bonds. The van der Waals surface area contributed by atoms with Crippen molar-refractivity contribution in [1.82, 2.24) is 19.6 Å². The van der Waals surface area contributed by atoms with Crippen molar-refractivity contribution in [3.63, 3.8) is 0 Å². The van der Waals surface area contributed by atoms with Gasteiger partial charge in [-0.2, -0.15) is 10.2 Å². The number of carbonyl (C=O) groups excluding carboxylic acids is 1. The zero-order valence-electron chi connectivity index (χ0n) is 16.6. The zero-order valence-corrected chi connectivity index (χ0v) is 17.4. The largest absolute Gasteiger partial charge is 0.471 e. The molecule has 4 aromatic rings. The summed E-state index contributed by atoms with van der Waals surface area (Å²) in [6.45, 7) is 2.30. The third-order valence-corrected chi connectivity index (χ3v) is 4.97. The average molecular weight is 440 g/mol. The summed E-state index contributed by atoms with van der Waals surface area (Å²) in [6, 6.07) is 13.4. The van der Waals surface area contributed by atoms with Crippen molar-refractivity contribution in [2.75, 3.05) is 5.32 Å². The minimum absolute atomic E-state index is 0.148. The van der Waals surface area contributed by atoms with E-state index in [2.05, 4.69) is 15.5 Å². The topological polar surface area (TPSA) is 74.0 Å². The van der Waals surface area contributed by atoms with Crippen LogP contribution in [-0.4, -0.2) is 25.5 Å². The average Bonchev–Trinajstić information content (AvgIpc) is 3.40. The van der Waals surface area contributed by atoms with Crippen LogP contribution in [0.3, 0.4) is 0 Å². The Labute approximate surface area is 183 Å². The van der Waals surface area contributed by atoms with Gasteiger partial charge in [0.25, 0.3) is 5.91 Å². The molecule has 31 heavy (non-hydrogen) atoms. The molecule has 9 heteroatoms. The van der Waals surface area contributed by atoms with E-state index in [9.17, 15) is 9.18 Å². The Kier molecular flexibility index (Phi) is 5.99. The fraction of sp³-hybridized carbons (Fsp3) is 0.136. The second-order valence-electron chi connectivity index (χ2n) is 6.90. The molecular formula is C22H19ClFN5O2. The van der Waals surface area contributed by atoms with Gasteiger partial charge in [0, 0.05) is 23.0 Å². The van der Waals surface area contributed by atoms with Gasteiger partial charge < -0.3 is 10.1 Å². The summed E-state index contributed by atoms with van der Waals surface area (Å²) < 4.78 is 22.5. The van der Waals surface area contributed by atoms with Crippen LogP contribution in [0.25, 0.3) is 0 Å². The third kappa shape index (κ3) is 5.10. The molecule has 2 aromatic heterocycles. The molecule has 2 heterocycles. The highest BCUT2D eigenvalue weighted by Gasteiger charge is 2.12. The van der Waals surface area contributed by atoms with Crippen LogP contribution in [0.4, 0.5) is 10.1 Å². The Morgan fingerprint density at radius 1 is 1.19 bits per heavy atom. The van der Waals surface area contributed by atoms with E-state index in [1.54, 1.807) is 53.5 Å². The maximum absolute atomic E-state index is 13.8. The number of benzene rings is 2. The van der Waals surface area contributed by atoms with Gasteiger partial charge in [0.15, 0.2) is 12.4 Å². The summed E-state index contributed by atoms with van der Waals surface area (Å²) in [7, 11) is 0. The lowest BCUT2D eigenvalue weighted by atomic mass is 10.2. The fourth-order valence-corrected chi connectivity index (χ4v) is 3.03. The molecule has 0 aliphatic heterocycles. The molecule has 0 atom stereocenters. The maximum Gasteiger partial charge on any atom is 0.276 e. The molecule has 0 saturated carbocycles. The molecule has 1 N–H and O–H groups in total. The highest BCUT2D eigenvalue weighted by atomic mass is 35.5. The number of carbonyl (C=O) groups is 1. The number of anilines is 1. The summed E-state index contributed by atoms with van der Waals surface area (Å²) in [5.74, 6) is -0.0256. The second-order valence-corrected chi connectivity index (χ2v) is 7.30. The lowest BCUT2D eigenvalue weighted by Gasteiger charge is -2.07. The maximum atomic E-state index is 13.8. The number of aromatic nitrogens is 4. The van der Waals surface area contributed by atoms with Crippen LogP contribution in [-0.2, 0) is 13.3 Å². The molecule has 0 aliphatic carbocycles. The van der Waals surface area contributed by atoms with Gasteiger partial charge in [-0.15, -0.1) is 0 Å². The molecule has 0 unspecified atom stereocenters. The molecule has 4 rings (SSSR count). The quantitative estimate of drug-likeness (QED) is 0.459. The number of ether oxygens (including phenoxy) is 1. The SMILES string of the molecule is Cc1cc(OCn2ccc(C(=O)Nc3cnn(Cc4ccccc4F)c3)n2)ccc1Cl. The van der Waals surface area contributed by atoms with Crippen LogP contribution in [0.1, 0.15) is 21.6 Å². The van der Waals surface area contributed by atoms with E-state index in [1.165, 1.54) is 16.9 Å². The Bertz CT molecular complexity index is 1220. The second kappa shape index (κ2) is 9.01. The van der Waals surface area contributed by atoms with Gasteiger partial charge in [0.05, 0.1) is 18.4 Å². The van der Waals surface area contributed by atoms with E-state index in [4.69, 9.17) is 16.3 Å². The number of halogens is 2. The third-order valence-electron chi connectivity index (χ3n) is 4.55. The van der Waals surface area contributed by atoms with Crippen LogP contribution < -0.4 is 10.1 Å². The van der Waals surface area contributed by atoms with E-state index < -0.39 is 0 Å². The number of aryl methyl sites for hydroxylation is 1. The fourth-order valence-electron chi connectivity index (χ4n) is 2.91. The van der Waals surface area contributed by atoms with E-state index in [-0.39, 0.29) is 30.7 Å². The van der Waals surface area contributed by atoms with Gasteiger partial charge in [-0.05, 0) is 42.8 Å². The minimum atomic E-state index is -0.383. The zero-order chi connectivity index (χ0) is 21.8. The Morgan fingerprint density at radius 3 is 2.84 bits per heavy atom.